The molecule has 1 aromatic carbocycles. The van der Waals surface area contributed by atoms with Crippen molar-refractivity contribution in [3.05, 3.63) is 30.1 Å². The highest BCUT2D eigenvalue weighted by molar-refractivity contribution is 5.84. The van der Waals surface area contributed by atoms with Gasteiger partial charge in [0, 0.05) is 5.69 Å². The molecule has 0 aliphatic heterocycles. The van der Waals surface area contributed by atoms with E-state index >= 15 is 0 Å². The van der Waals surface area contributed by atoms with Crippen LogP contribution in [0.4, 0.5) is 10.1 Å². The number of rotatable bonds is 4. The number of anilines is 1. The van der Waals surface area contributed by atoms with Gasteiger partial charge in [0.2, 0.25) is 0 Å². The van der Waals surface area contributed by atoms with Crippen LogP contribution in [0.5, 0.6) is 0 Å². The van der Waals surface area contributed by atoms with Crippen LogP contribution in [-0.4, -0.2) is 18.1 Å². The first kappa shape index (κ1) is 15.8. The van der Waals surface area contributed by atoms with Crippen LogP contribution in [0.25, 0.3) is 0 Å². The Hall–Kier alpha value is -1.58. The number of carbonyl (C=O) groups is 1. The number of esters is 1. The normalized spacial score (nSPS) is 19.8. The fourth-order valence-corrected chi connectivity index (χ4v) is 2.85. The number of halogens is 1. The van der Waals surface area contributed by atoms with E-state index < -0.39 is 5.54 Å². The van der Waals surface area contributed by atoms with Crippen LogP contribution in [0.3, 0.4) is 0 Å². The summed E-state index contributed by atoms with van der Waals surface area (Å²) in [7, 11) is 0. The van der Waals surface area contributed by atoms with Gasteiger partial charge in [0.15, 0.2) is 0 Å². The fraction of sp³-hybridized carbons (Fsp3) is 0.588. The Kier molecular flexibility index (Phi) is 4.55. The van der Waals surface area contributed by atoms with Gasteiger partial charge in [-0.3, -0.25) is 0 Å². The van der Waals surface area contributed by atoms with Gasteiger partial charge in [-0.1, -0.05) is 19.9 Å². The van der Waals surface area contributed by atoms with Gasteiger partial charge in [-0.25, -0.2) is 9.18 Å². The maximum absolute atomic E-state index is 13.4. The predicted molar refractivity (Wildman–Crippen MR) is 81.6 cm³/mol. The Balaban J connectivity index is 2.22. The minimum absolute atomic E-state index is 0.232. The van der Waals surface area contributed by atoms with E-state index in [-0.39, 0.29) is 17.2 Å². The molecule has 1 aliphatic carbocycles. The van der Waals surface area contributed by atoms with Gasteiger partial charge in [0.25, 0.3) is 0 Å². The Morgan fingerprint density at radius 3 is 2.52 bits per heavy atom. The Morgan fingerprint density at radius 2 is 1.95 bits per heavy atom. The summed E-state index contributed by atoms with van der Waals surface area (Å²) < 4.78 is 18.6. The first-order valence-corrected chi connectivity index (χ1v) is 7.58. The van der Waals surface area contributed by atoms with Gasteiger partial charge in [0.1, 0.15) is 11.4 Å². The smallest absolute Gasteiger partial charge is 0.331 e. The predicted octanol–water partition coefficient (Wildman–Crippen LogP) is 4.14. The molecule has 0 bridgehead atoms. The molecule has 0 aromatic heterocycles. The highest BCUT2D eigenvalue weighted by Gasteiger charge is 2.45. The van der Waals surface area contributed by atoms with Crippen molar-refractivity contribution >= 4 is 11.7 Å². The summed E-state index contributed by atoms with van der Waals surface area (Å²) in [5.74, 6) is -0.542. The summed E-state index contributed by atoms with van der Waals surface area (Å²) in [6, 6.07) is 6.24. The lowest BCUT2D eigenvalue weighted by Crippen LogP contribution is -2.51. The van der Waals surface area contributed by atoms with Crippen molar-refractivity contribution in [2.24, 2.45) is 5.41 Å². The zero-order valence-electron chi connectivity index (χ0n) is 13.0. The molecular weight excluding hydrogens is 269 g/mol. The molecule has 116 valence electrons. The second kappa shape index (κ2) is 6.04. The zero-order chi connectivity index (χ0) is 15.5. The lowest BCUT2D eigenvalue weighted by atomic mass is 9.69. The van der Waals surface area contributed by atoms with Crippen LogP contribution in [0.15, 0.2) is 24.3 Å². The van der Waals surface area contributed by atoms with E-state index in [1.54, 1.807) is 19.1 Å². The first-order valence-electron chi connectivity index (χ1n) is 7.58. The third-order valence-corrected chi connectivity index (χ3v) is 4.33. The summed E-state index contributed by atoms with van der Waals surface area (Å²) in [6.07, 6.45) is 3.28. The van der Waals surface area contributed by atoms with E-state index in [9.17, 15) is 9.18 Å². The largest absolute Gasteiger partial charge is 0.464 e. The third kappa shape index (κ3) is 3.74. The minimum Gasteiger partial charge on any atom is -0.464 e. The zero-order valence-corrected chi connectivity index (χ0v) is 13.0. The molecule has 0 spiro atoms. The molecule has 0 atom stereocenters. The summed E-state index contributed by atoms with van der Waals surface area (Å²) in [5.41, 5.74) is 0.126. The minimum atomic E-state index is -0.737. The molecule has 0 heterocycles. The van der Waals surface area contributed by atoms with Crippen LogP contribution in [0, 0.1) is 11.2 Å². The van der Waals surface area contributed by atoms with E-state index in [0.29, 0.717) is 25.1 Å². The molecule has 0 unspecified atom stereocenters. The Labute approximate surface area is 125 Å². The van der Waals surface area contributed by atoms with Crippen LogP contribution >= 0.6 is 0 Å². The summed E-state index contributed by atoms with van der Waals surface area (Å²) >= 11 is 0. The molecule has 0 radical (unpaired) electrons. The topological polar surface area (TPSA) is 38.3 Å². The van der Waals surface area contributed by atoms with Crippen molar-refractivity contribution in [1.82, 2.24) is 0 Å². The molecule has 1 fully saturated rings. The highest BCUT2D eigenvalue weighted by atomic mass is 19.1. The summed E-state index contributed by atoms with van der Waals surface area (Å²) in [6.45, 7) is 6.59. The third-order valence-electron chi connectivity index (χ3n) is 4.33. The van der Waals surface area contributed by atoms with E-state index in [1.165, 1.54) is 12.1 Å². The quantitative estimate of drug-likeness (QED) is 0.848. The Morgan fingerprint density at radius 1 is 1.29 bits per heavy atom. The lowest BCUT2D eigenvalue weighted by Gasteiger charge is -2.42. The van der Waals surface area contributed by atoms with Gasteiger partial charge >= 0.3 is 5.97 Å². The van der Waals surface area contributed by atoms with Gasteiger partial charge in [-0.15, -0.1) is 0 Å². The lowest BCUT2D eigenvalue weighted by molar-refractivity contribution is -0.150. The summed E-state index contributed by atoms with van der Waals surface area (Å²) in [4.78, 5) is 12.4. The molecule has 1 aliphatic rings. The second-order valence-corrected chi connectivity index (χ2v) is 6.60. The standard InChI is InChI=1S/C17H24FNO2/c1-4-21-15(20)17(10-8-16(2,3)9-11-17)19-14-7-5-6-13(18)12-14/h5-7,12,19H,4,8-11H2,1-3H3. The van der Waals surface area contributed by atoms with E-state index in [1.807, 2.05) is 0 Å². The molecule has 1 aromatic rings. The van der Waals surface area contributed by atoms with Crippen LogP contribution in [0.1, 0.15) is 46.5 Å². The van der Waals surface area contributed by atoms with Crippen LogP contribution in [0.2, 0.25) is 0 Å². The Bertz CT molecular complexity index is 503. The molecule has 2 rings (SSSR count). The van der Waals surface area contributed by atoms with Crippen molar-refractivity contribution in [3.8, 4) is 0 Å². The average Bonchev–Trinajstić information content (AvgIpc) is 2.42. The number of hydrogen-bond acceptors (Lipinski definition) is 3. The molecule has 3 nitrogen and oxygen atoms in total. The van der Waals surface area contributed by atoms with Gasteiger partial charge < -0.3 is 10.1 Å². The SMILES string of the molecule is CCOC(=O)C1(Nc2cccc(F)c2)CCC(C)(C)CC1. The van der Waals surface area contributed by atoms with E-state index in [0.717, 1.165) is 12.8 Å². The number of carbonyl (C=O) groups excluding carboxylic acids is 1. The van der Waals surface area contributed by atoms with E-state index in [2.05, 4.69) is 19.2 Å². The molecule has 21 heavy (non-hydrogen) atoms. The maximum atomic E-state index is 13.4. The number of hydrogen-bond donors (Lipinski definition) is 1. The highest BCUT2D eigenvalue weighted by Crippen LogP contribution is 2.42. The molecule has 1 N–H and O–H groups in total. The van der Waals surface area contributed by atoms with Crippen molar-refractivity contribution in [2.45, 2.75) is 52.0 Å². The second-order valence-electron chi connectivity index (χ2n) is 6.60. The van der Waals surface area contributed by atoms with Crippen LogP contribution in [-0.2, 0) is 9.53 Å². The average molecular weight is 293 g/mol. The monoisotopic (exact) mass is 293 g/mol. The molecule has 0 saturated heterocycles. The van der Waals surface area contributed by atoms with Gasteiger partial charge in [-0.05, 0) is 56.2 Å². The maximum Gasteiger partial charge on any atom is 0.331 e. The van der Waals surface area contributed by atoms with Crippen molar-refractivity contribution < 1.29 is 13.9 Å². The molecule has 4 heteroatoms. The summed E-state index contributed by atoms with van der Waals surface area (Å²) in [5, 5.41) is 3.24. The molecule has 1 saturated carbocycles. The number of nitrogens with one attached hydrogen (secondary N) is 1. The molecule has 0 amide bonds. The van der Waals surface area contributed by atoms with Crippen molar-refractivity contribution in [2.75, 3.05) is 11.9 Å². The van der Waals surface area contributed by atoms with Gasteiger partial charge in [0.05, 0.1) is 6.61 Å². The molecular formula is C17H24FNO2. The fourth-order valence-electron chi connectivity index (χ4n) is 2.85. The van der Waals surface area contributed by atoms with Crippen LogP contribution < -0.4 is 5.32 Å². The van der Waals surface area contributed by atoms with E-state index in [4.69, 9.17) is 4.74 Å². The van der Waals surface area contributed by atoms with Crippen molar-refractivity contribution in [3.63, 3.8) is 0 Å². The van der Waals surface area contributed by atoms with Gasteiger partial charge in [-0.2, -0.15) is 0 Å². The first-order chi connectivity index (χ1) is 9.87. The van der Waals surface area contributed by atoms with Crippen molar-refractivity contribution in [1.29, 1.82) is 0 Å². The number of benzene rings is 1. The number of ether oxygens (including phenoxy) is 1.